The summed E-state index contributed by atoms with van der Waals surface area (Å²) in [7, 11) is 0. The molecule has 0 aliphatic rings. The summed E-state index contributed by atoms with van der Waals surface area (Å²) in [6.45, 7) is 6.56. The summed E-state index contributed by atoms with van der Waals surface area (Å²) in [4.78, 5) is 22.9. The van der Waals surface area contributed by atoms with Crippen LogP contribution in [0, 0.1) is 20.8 Å². The van der Waals surface area contributed by atoms with E-state index in [1.807, 2.05) is 32.9 Å². The van der Waals surface area contributed by atoms with Gasteiger partial charge in [0.15, 0.2) is 6.61 Å². The molecule has 7 heteroatoms. The Hall–Kier alpha value is -1.95. The summed E-state index contributed by atoms with van der Waals surface area (Å²) < 4.78 is 10.3. The molecule has 0 fully saturated rings. The summed E-state index contributed by atoms with van der Waals surface area (Å²) >= 11 is 5.39. The smallest absolute Gasteiger partial charge is 0.407 e. The number of carbonyl (C=O) groups excluding carboxylic acids is 2. The predicted octanol–water partition coefficient (Wildman–Crippen LogP) is 2.07. The average Bonchev–Trinajstić information content (AvgIpc) is 2.53. The maximum atomic E-state index is 11.7. The van der Waals surface area contributed by atoms with Gasteiger partial charge in [-0.05, 0) is 37.5 Å². The maximum absolute atomic E-state index is 11.7. The Kier molecular flexibility index (Phi) is 8.26. The fraction of sp³-hybridized carbons (Fsp3) is 0.500. The Labute approximate surface area is 141 Å². The highest BCUT2D eigenvalue weighted by Crippen LogP contribution is 2.25. The highest BCUT2D eigenvalue weighted by molar-refractivity contribution is 6.18. The molecule has 0 aromatic heterocycles. The Morgan fingerprint density at radius 3 is 2.43 bits per heavy atom. The van der Waals surface area contributed by atoms with Gasteiger partial charge in [-0.25, -0.2) is 4.79 Å². The number of rotatable bonds is 8. The van der Waals surface area contributed by atoms with Gasteiger partial charge in [-0.3, -0.25) is 4.79 Å². The standard InChI is InChI=1S/C16H23ClN2O4/c1-11-4-5-12(2)15(13(11)3)23-10-14(20)18-7-8-19-16(21)22-9-6-17/h4-5H,6-10H2,1-3H3,(H,18,20)(H,19,21). The molecule has 0 saturated carbocycles. The molecule has 0 bridgehead atoms. The quantitative estimate of drug-likeness (QED) is 0.560. The number of ether oxygens (including phenoxy) is 2. The van der Waals surface area contributed by atoms with Crippen LogP contribution in [0.25, 0.3) is 0 Å². The summed E-state index contributed by atoms with van der Waals surface area (Å²) in [5.41, 5.74) is 3.14. The molecule has 0 saturated heterocycles. The second kappa shape index (κ2) is 9.94. The normalized spacial score (nSPS) is 10.1. The Morgan fingerprint density at radius 2 is 1.74 bits per heavy atom. The number of hydrogen-bond acceptors (Lipinski definition) is 4. The van der Waals surface area contributed by atoms with E-state index in [1.54, 1.807) is 0 Å². The van der Waals surface area contributed by atoms with Crippen molar-refractivity contribution in [1.29, 1.82) is 0 Å². The van der Waals surface area contributed by atoms with E-state index in [1.165, 1.54) is 0 Å². The highest BCUT2D eigenvalue weighted by atomic mass is 35.5. The molecule has 2 amide bonds. The topological polar surface area (TPSA) is 76.7 Å². The maximum Gasteiger partial charge on any atom is 0.407 e. The van der Waals surface area contributed by atoms with Crippen molar-refractivity contribution in [2.45, 2.75) is 20.8 Å². The van der Waals surface area contributed by atoms with Crippen LogP contribution in [0.1, 0.15) is 16.7 Å². The second-order valence-corrected chi connectivity index (χ2v) is 5.42. The van der Waals surface area contributed by atoms with Gasteiger partial charge in [0.25, 0.3) is 5.91 Å². The van der Waals surface area contributed by atoms with Gasteiger partial charge in [-0.2, -0.15) is 0 Å². The molecule has 1 aromatic carbocycles. The minimum absolute atomic E-state index is 0.0676. The van der Waals surface area contributed by atoms with Gasteiger partial charge in [-0.15, -0.1) is 11.6 Å². The molecule has 0 unspecified atom stereocenters. The third kappa shape index (κ3) is 6.78. The zero-order chi connectivity index (χ0) is 17.2. The Morgan fingerprint density at radius 1 is 1.09 bits per heavy atom. The van der Waals surface area contributed by atoms with E-state index in [-0.39, 0.29) is 31.5 Å². The van der Waals surface area contributed by atoms with E-state index in [9.17, 15) is 9.59 Å². The first-order valence-corrected chi connectivity index (χ1v) is 7.92. The lowest BCUT2D eigenvalue weighted by Gasteiger charge is -2.14. The van der Waals surface area contributed by atoms with E-state index in [0.717, 1.165) is 22.4 Å². The molecule has 23 heavy (non-hydrogen) atoms. The number of hydrogen-bond donors (Lipinski definition) is 2. The molecule has 6 nitrogen and oxygen atoms in total. The van der Waals surface area contributed by atoms with Crippen molar-refractivity contribution < 1.29 is 19.1 Å². The lowest BCUT2D eigenvalue weighted by atomic mass is 10.1. The lowest BCUT2D eigenvalue weighted by molar-refractivity contribution is -0.123. The van der Waals surface area contributed by atoms with Crippen LogP contribution in [0.5, 0.6) is 5.75 Å². The molecule has 128 valence electrons. The van der Waals surface area contributed by atoms with Gasteiger partial charge in [0.2, 0.25) is 0 Å². The number of alkyl carbamates (subject to hydrolysis) is 1. The van der Waals surface area contributed by atoms with Crippen molar-refractivity contribution in [3.8, 4) is 5.75 Å². The van der Waals surface area contributed by atoms with Crippen LogP contribution < -0.4 is 15.4 Å². The number of aryl methyl sites for hydroxylation is 2. The van der Waals surface area contributed by atoms with Crippen molar-refractivity contribution in [1.82, 2.24) is 10.6 Å². The van der Waals surface area contributed by atoms with E-state index in [4.69, 9.17) is 21.1 Å². The molecular formula is C16H23ClN2O4. The minimum atomic E-state index is -0.554. The lowest BCUT2D eigenvalue weighted by Crippen LogP contribution is -2.37. The third-order valence-corrected chi connectivity index (χ3v) is 3.40. The van der Waals surface area contributed by atoms with Gasteiger partial charge in [0, 0.05) is 13.1 Å². The largest absolute Gasteiger partial charge is 0.483 e. The molecule has 0 atom stereocenters. The van der Waals surface area contributed by atoms with Crippen LogP contribution >= 0.6 is 11.6 Å². The summed E-state index contributed by atoms with van der Waals surface area (Å²) in [5.74, 6) is 0.739. The molecule has 1 aromatic rings. The first-order valence-electron chi connectivity index (χ1n) is 7.38. The number of halogens is 1. The summed E-state index contributed by atoms with van der Waals surface area (Å²) in [5, 5.41) is 5.15. The fourth-order valence-corrected chi connectivity index (χ4v) is 1.96. The number of nitrogens with one attached hydrogen (secondary N) is 2. The van der Waals surface area contributed by atoms with Gasteiger partial charge in [0.05, 0.1) is 5.88 Å². The molecule has 0 aliphatic carbocycles. The number of amides is 2. The zero-order valence-electron chi connectivity index (χ0n) is 13.7. The number of benzene rings is 1. The highest BCUT2D eigenvalue weighted by Gasteiger charge is 2.09. The average molecular weight is 343 g/mol. The second-order valence-electron chi connectivity index (χ2n) is 5.04. The van der Waals surface area contributed by atoms with Crippen LogP contribution in [0.4, 0.5) is 4.79 Å². The fourth-order valence-electron chi connectivity index (χ4n) is 1.89. The van der Waals surface area contributed by atoms with Gasteiger partial charge < -0.3 is 20.1 Å². The number of carbonyl (C=O) groups is 2. The molecular weight excluding hydrogens is 320 g/mol. The SMILES string of the molecule is Cc1ccc(C)c(OCC(=O)NCCNC(=O)OCCCl)c1C. The van der Waals surface area contributed by atoms with Crippen molar-refractivity contribution in [2.75, 3.05) is 32.2 Å². The Balaban J connectivity index is 2.28. The molecule has 0 radical (unpaired) electrons. The van der Waals surface area contributed by atoms with Crippen LogP contribution in [0.3, 0.4) is 0 Å². The zero-order valence-corrected chi connectivity index (χ0v) is 14.5. The molecule has 0 spiro atoms. The van der Waals surface area contributed by atoms with Crippen molar-refractivity contribution in [2.24, 2.45) is 0 Å². The van der Waals surface area contributed by atoms with E-state index in [2.05, 4.69) is 10.6 Å². The van der Waals surface area contributed by atoms with Crippen molar-refractivity contribution in [3.05, 3.63) is 28.8 Å². The Bertz CT molecular complexity index is 549. The van der Waals surface area contributed by atoms with Crippen molar-refractivity contribution >= 4 is 23.6 Å². The minimum Gasteiger partial charge on any atom is -0.483 e. The summed E-state index contributed by atoms with van der Waals surface area (Å²) in [6.07, 6.45) is -0.554. The third-order valence-electron chi connectivity index (χ3n) is 3.25. The van der Waals surface area contributed by atoms with Gasteiger partial charge in [-0.1, -0.05) is 12.1 Å². The molecule has 2 N–H and O–H groups in total. The number of alkyl halides is 1. The van der Waals surface area contributed by atoms with Crippen molar-refractivity contribution in [3.63, 3.8) is 0 Å². The van der Waals surface area contributed by atoms with Crippen LogP contribution in [-0.2, 0) is 9.53 Å². The molecule has 0 aliphatic heterocycles. The van der Waals surface area contributed by atoms with Gasteiger partial charge in [0.1, 0.15) is 12.4 Å². The molecule has 0 heterocycles. The van der Waals surface area contributed by atoms with Crippen LogP contribution in [0.2, 0.25) is 0 Å². The van der Waals surface area contributed by atoms with E-state index < -0.39 is 6.09 Å². The van der Waals surface area contributed by atoms with E-state index in [0.29, 0.717) is 6.54 Å². The first-order chi connectivity index (χ1) is 11.0. The predicted molar refractivity (Wildman–Crippen MR) is 89.2 cm³/mol. The van der Waals surface area contributed by atoms with E-state index >= 15 is 0 Å². The first kappa shape index (κ1) is 19.1. The molecule has 1 rings (SSSR count). The van der Waals surface area contributed by atoms with Crippen LogP contribution in [0.15, 0.2) is 12.1 Å². The monoisotopic (exact) mass is 342 g/mol. The summed E-state index contributed by atoms with van der Waals surface area (Å²) in [6, 6.07) is 3.98. The van der Waals surface area contributed by atoms with Crippen LogP contribution in [-0.4, -0.2) is 44.2 Å². The van der Waals surface area contributed by atoms with Gasteiger partial charge >= 0.3 is 6.09 Å².